The third-order valence-electron chi connectivity index (χ3n) is 5.28. The van der Waals surface area contributed by atoms with Gasteiger partial charge in [0, 0.05) is 5.02 Å². The highest BCUT2D eigenvalue weighted by atomic mass is 35.5. The predicted octanol–water partition coefficient (Wildman–Crippen LogP) is 3.89. The first-order valence-electron chi connectivity index (χ1n) is 6.65. The molecule has 0 heterocycles. The van der Waals surface area contributed by atoms with E-state index in [4.69, 9.17) is 17.3 Å². The maximum Gasteiger partial charge on any atom is 0.0443 e. The van der Waals surface area contributed by atoms with Crippen molar-refractivity contribution in [3.8, 4) is 0 Å². The van der Waals surface area contributed by atoms with E-state index in [2.05, 4.69) is 12.1 Å². The van der Waals surface area contributed by atoms with Crippen molar-refractivity contribution in [1.29, 1.82) is 0 Å². The van der Waals surface area contributed by atoms with Gasteiger partial charge in [0.1, 0.15) is 0 Å². The van der Waals surface area contributed by atoms with Crippen LogP contribution in [0.1, 0.15) is 44.1 Å². The fraction of sp³-hybridized carbons (Fsp3) is 0.600. The predicted molar refractivity (Wildman–Crippen MR) is 72.3 cm³/mol. The topological polar surface area (TPSA) is 26.0 Å². The van der Waals surface area contributed by atoms with Crippen molar-refractivity contribution in [2.24, 2.45) is 11.1 Å². The first-order chi connectivity index (χ1) is 8.20. The molecule has 4 rings (SSSR count). The molecule has 3 fully saturated rings. The normalized spacial score (nSPS) is 36.1. The Bertz CT molecular complexity index is 402. The van der Waals surface area contributed by atoms with Gasteiger partial charge in [-0.15, -0.1) is 0 Å². The van der Waals surface area contributed by atoms with Gasteiger partial charge in [0.2, 0.25) is 0 Å². The van der Waals surface area contributed by atoms with Crippen LogP contribution in [0, 0.1) is 5.41 Å². The monoisotopic (exact) mass is 249 g/mol. The van der Waals surface area contributed by atoms with Crippen LogP contribution in [-0.4, -0.2) is 6.54 Å². The van der Waals surface area contributed by atoms with E-state index in [1.54, 1.807) is 0 Å². The zero-order valence-corrected chi connectivity index (χ0v) is 11.0. The van der Waals surface area contributed by atoms with Crippen molar-refractivity contribution >= 4 is 11.6 Å². The molecule has 0 atom stereocenters. The summed E-state index contributed by atoms with van der Waals surface area (Å²) in [4.78, 5) is 0. The van der Waals surface area contributed by atoms with Gasteiger partial charge in [-0.1, -0.05) is 29.8 Å². The van der Waals surface area contributed by atoms with Crippen molar-refractivity contribution in [3.05, 3.63) is 34.9 Å². The third kappa shape index (κ3) is 1.71. The van der Waals surface area contributed by atoms with Crippen LogP contribution in [0.15, 0.2) is 24.3 Å². The number of halogens is 1. The van der Waals surface area contributed by atoms with Gasteiger partial charge in [0.25, 0.3) is 0 Å². The third-order valence-corrected chi connectivity index (χ3v) is 5.61. The Kier molecular flexibility index (Phi) is 2.72. The molecule has 0 radical (unpaired) electrons. The second-order valence-electron chi connectivity index (χ2n) is 5.96. The van der Waals surface area contributed by atoms with Gasteiger partial charge in [0.15, 0.2) is 0 Å². The Morgan fingerprint density at radius 2 is 1.59 bits per heavy atom. The van der Waals surface area contributed by atoms with Crippen LogP contribution >= 0.6 is 11.6 Å². The highest BCUT2D eigenvalue weighted by Gasteiger charge is 2.49. The zero-order chi connectivity index (χ0) is 11.9. The summed E-state index contributed by atoms with van der Waals surface area (Å²) in [5.41, 5.74) is 8.16. The van der Waals surface area contributed by atoms with E-state index in [9.17, 15) is 0 Å². The standard InChI is InChI=1S/C15H20ClN/c16-13-4-2-1-3-12(13)15-8-5-14(11-17,6-9-15)7-10-15/h1-4H,5-11,17H2. The molecule has 2 bridgehead atoms. The van der Waals surface area contributed by atoms with Gasteiger partial charge in [0.05, 0.1) is 0 Å². The average molecular weight is 250 g/mol. The van der Waals surface area contributed by atoms with Gasteiger partial charge >= 0.3 is 0 Å². The van der Waals surface area contributed by atoms with Crippen LogP contribution in [-0.2, 0) is 5.41 Å². The molecule has 0 saturated heterocycles. The Morgan fingerprint density at radius 1 is 1.00 bits per heavy atom. The highest BCUT2D eigenvalue weighted by molar-refractivity contribution is 6.31. The van der Waals surface area contributed by atoms with Crippen molar-refractivity contribution in [2.45, 2.75) is 43.9 Å². The molecule has 92 valence electrons. The minimum absolute atomic E-state index is 0.356. The second kappa shape index (κ2) is 4.00. The van der Waals surface area contributed by atoms with Crippen LogP contribution < -0.4 is 5.73 Å². The van der Waals surface area contributed by atoms with Crippen LogP contribution in [0.5, 0.6) is 0 Å². The SMILES string of the molecule is NCC12CCC(c3ccccc3Cl)(CC1)CC2. The number of nitrogens with two attached hydrogens (primary N) is 1. The molecule has 1 nitrogen and oxygen atoms in total. The summed E-state index contributed by atoms with van der Waals surface area (Å²) in [7, 11) is 0. The first-order valence-corrected chi connectivity index (χ1v) is 7.03. The Balaban J connectivity index is 1.93. The van der Waals surface area contributed by atoms with E-state index in [-0.39, 0.29) is 0 Å². The summed E-state index contributed by atoms with van der Waals surface area (Å²) >= 11 is 6.39. The molecule has 3 aliphatic carbocycles. The van der Waals surface area contributed by atoms with Crippen LogP contribution in [0.25, 0.3) is 0 Å². The molecule has 17 heavy (non-hydrogen) atoms. The lowest BCUT2D eigenvalue weighted by atomic mass is 9.52. The lowest BCUT2D eigenvalue weighted by Crippen LogP contribution is -2.47. The molecule has 0 amide bonds. The quantitative estimate of drug-likeness (QED) is 0.846. The molecule has 2 N–H and O–H groups in total. The number of fused-ring (bicyclic) bond motifs is 3. The van der Waals surface area contributed by atoms with E-state index in [1.165, 1.54) is 44.1 Å². The highest BCUT2D eigenvalue weighted by Crippen LogP contribution is 2.58. The zero-order valence-electron chi connectivity index (χ0n) is 10.2. The van der Waals surface area contributed by atoms with Crippen molar-refractivity contribution < 1.29 is 0 Å². The van der Waals surface area contributed by atoms with E-state index in [1.807, 2.05) is 12.1 Å². The fourth-order valence-electron chi connectivity index (χ4n) is 3.86. The molecule has 0 spiro atoms. The number of hydrogen-bond donors (Lipinski definition) is 1. The Morgan fingerprint density at radius 3 is 2.12 bits per heavy atom. The lowest BCUT2D eigenvalue weighted by Gasteiger charge is -2.53. The molecule has 0 aliphatic heterocycles. The van der Waals surface area contributed by atoms with E-state index < -0.39 is 0 Å². The Hall–Kier alpha value is -0.530. The van der Waals surface area contributed by atoms with Crippen molar-refractivity contribution in [2.75, 3.05) is 6.54 Å². The molecule has 1 aromatic carbocycles. The summed E-state index contributed by atoms with van der Waals surface area (Å²) in [5.74, 6) is 0. The first kappa shape index (κ1) is 11.6. The molecule has 0 unspecified atom stereocenters. The second-order valence-corrected chi connectivity index (χ2v) is 6.37. The number of rotatable bonds is 2. The largest absolute Gasteiger partial charge is 0.330 e. The molecule has 3 aliphatic rings. The minimum Gasteiger partial charge on any atom is -0.330 e. The fourth-order valence-corrected chi connectivity index (χ4v) is 4.20. The molecule has 3 saturated carbocycles. The lowest BCUT2D eigenvalue weighted by molar-refractivity contribution is 0.0472. The Labute approximate surface area is 108 Å². The summed E-state index contributed by atoms with van der Waals surface area (Å²) in [6.45, 7) is 0.867. The average Bonchev–Trinajstić information content (AvgIpc) is 2.41. The summed E-state index contributed by atoms with van der Waals surface area (Å²) in [6.07, 6.45) is 7.67. The van der Waals surface area contributed by atoms with Crippen LogP contribution in [0.4, 0.5) is 0 Å². The van der Waals surface area contributed by atoms with E-state index in [0.717, 1.165) is 11.6 Å². The van der Waals surface area contributed by atoms with Crippen molar-refractivity contribution in [1.82, 2.24) is 0 Å². The molecular formula is C15H20ClN. The van der Waals surface area contributed by atoms with Crippen LogP contribution in [0.2, 0.25) is 5.02 Å². The van der Waals surface area contributed by atoms with Gasteiger partial charge < -0.3 is 5.73 Å². The van der Waals surface area contributed by atoms with Gasteiger partial charge in [-0.3, -0.25) is 0 Å². The smallest absolute Gasteiger partial charge is 0.0443 e. The molecule has 0 aromatic heterocycles. The molecule has 2 heteroatoms. The summed E-state index contributed by atoms with van der Waals surface area (Å²) in [5, 5.41) is 0.953. The van der Waals surface area contributed by atoms with Gasteiger partial charge in [-0.05, 0) is 67.5 Å². The van der Waals surface area contributed by atoms with E-state index >= 15 is 0 Å². The summed E-state index contributed by atoms with van der Waals surface area (Å²) in [6, 6.07) is 8.40. The van der Waals surface area contributed by atoms with Crippen LogP contribution in [0.3, 0.4) is 0 Å². The van der Waals surface area contributed by atoms with E-state index in [0.29, 0.717) is 10.8 Å². The van der Waals surface area contributed by atoms with Gasteiger partial charge in [-0.2, -0.15) is 0 Å². The maximum absolute atomic E-state index is 6.39. The molecular weight excluding hydrogens is 230 g/mol. The maximum atomic E-state index is 6.39. The number of hydrogen-bond acceptors (Lipinski definition) is 1. The number of benzene rings is 1. The summed E-state index contributed by atoms with van der Waals surface area (Å²) < 4.78 is 0. The minimum atomic E-state index is 0.356. The van der Waals surface area contributed by atoms with Crippen molar-refractivity contribution in [3.63, 3.8) is 0 Å². The van der Waals surface area contributed by atoms with Gasteiger partial charge in [-0.25, -0.2) is 0 Å². The molecule has 1 aromatic rings.